The second-order valence-electron chi connectivity index (χ2n) is 6.02. The third kappa shape index (κ3) is 2.24. The predicted molar refractivity (Wildman–Crippen MR) is 85.0 cm³/mol. The number of esters is 2. The second kappa shape index (κ2) is 6.00. The van der Waals surface area contributed by atoms with Gasteiger partial charge in [-0.1, -0.05) is 0 Å². The van der Waals surface area contributed by atoms with Gasteiger partial charge >= 0.3 is 11.9 Å². The van der Waals surface area contributed by atoms with Crippen molar-refractivity contribution >= 4 is 11.9 Å². The number of hydrogen-bond donors (Lipinski definition) is 0. The van der Waals surface area contributed by atoms with Crippen molar-refractivity contribution in [2.45, 2.75) is 19.3 Å². The minimum Gasteiger partial charge on any atom is -0.497 e. The molecule has 1 aromatic rings. The van der Waals surface area contributed by atoms with Crippen molar-refractivity contribution in [1.82, 2.24) is 0 Å². The summed E-state index contributed by atoms with van der Waals surface area (Å²) in [5, 5.41) is 0. The average Bonchev–Trinajstić information content (AvgIpc) is 3.43. The van der Waals surface area contributed by atoms with E-state index in [1.165, 1.54) is 0 Å². The smallest absolute Gasteiger partial charge is 0.310 e. The van der Waals surface area contributed by atoms with Gasteiger partial charge in [0.05, 0.1) is 39.3 Å². The van der Waals surface area contributed by atoms with Crippen LogP contribution in [0.25, 0.3) is 0 Å². The van der Waals surface area contributed by atoms with Crippen LogP contribution in [0.1, 0.15) is 19.4 Å². The van der Waals surface area contributed by atoms with Gasteiger partial charge in [-0.15, -0.1) is 0 Å². The Morgan fingerprint density at radius 1 is 0.917 bits per heavy atom. The van der Waals surface area contributed by atoms with Crippen LogP contribution in [0.15, 0.2) is 18.2 Å². The maximum absolute atomic E-state index is 12.2. The van der Waals surface area contributed by atoms with Gasteiger partial charge in [-0.3, -0.25) is 9.59 Å². The standard InChI is InChI=1S/C18H22O6/c1-5-23-16(19)14-13-15(17(20)24-6-2)18(13,14)10-7-11(21-3)9-12(8-10)22-4/h7-9,13-15H,5-6H2,1-4H3/t13?,14-,15-,18?/m0/s1. The fourth-order valence-corrected chi connectivity index (χ4v) is 3.89. The molecule has 6 nitrogen and oxygen atoms in total. The Morgan fingerprint density at radius 2 is 1.38 bits per heavy atom. The normalized spacial score (nSPS) is 29.2. The summed E-state index contributed by atoms with van der Waals surface area (Å²) in [6.45, 7) is 4.19. The van der Waals surface area contributed by atoms with Crippen molar-refractivity contribution < 1.29 is 28.5 Å². The third-order valence-electron chi connectivity index (χ3n) is 5.01. The summed E-state index contributed by atoms with van der Waals surface area (Å²) in [5.41, 5.74) is 0.320. The number of ether oxygens (including phenoxy) is 4. The van der Waals surface area contributed by atoms with Crippen LogP contribution in [-0.4, -0.2) is 39.4 Å². The largest absolute Gasteiger partial charge is 0.497 e. The molecule has 3 rings (SSSR count). The lowest BCUT2D eigenvalue weighted by Gasteiger charge is -2.19. The summed E-state index contributed by atoms with van der Waals surface area (Å²) < 4.78 is 20.9. The molecule has 2 fully saturated rings. The molecule has 0 unspecified atom stereocenters. The van der Waals surface area contributed by atoms with Gasteiger partial charge in [0.2, 0.25) is 0 Å². The quantitative estimate of drug-likeness (QED) is 0.710. The molecule has 0 radical (unpaired) electrons. The van der Waals surface area contributed by atoms with Crippen molar-refractivity contribution in [3.63, 3.8) is 0 Å². The van der Waals surface area contributed by atoms with Crippen molar-refractivity contribution in [2.24, 2.45) is 17.8 Å². The molecule has 0 bridgehead atoms. The van der Waals surface area contributed by atoms with E-state index in [-0.39, 0.29) is 29.7 Å². The molecule has 0 amide bonds. The summed E-state index contributed by atoms with van der Waals surface area (Å²) >= 11 is 0. The Balaban J connectivity index is 1.95. The van der Waals surface area contributed by atoms with Crippen LogP contribution in [0.2, 0.25) is 0 Å². The highest BCUT2D eigenvalue weighted by atomic mass is 16.5. The molecule has 0 N–H and O–H groups in total. The Labute approximate surface area is 141 Å². The van der Waals surface area contributed by atoms with Crippen molar-refractivity contribution in [3.8, 4) is 11.5 Å². The van der Waals surface area contributed by atoms with E-state index in [9.17, 15) is 9.59 Å². The molecule has 0 saturated heterocycles. The molecule has 6 heteroatoms. The van der Waals surface area contributed by atoms with E-state index in [1.54, 1.807) is 34.1 Å². The first-order valence-electron chi connectivity index (χ1n) is 8.12. The van der Waals surface area contributed by atoms with E-state index in [2.05, 4.69) is 0 Å². The SMILES string of the molecule is CCOC(=O)[C@@H]1C2[C@@H](C(=O)OCC)C21c1cc(OC)cc(OC)c1. The molecule has 2 aliphatic carbocycles. The monoisotopic (exact) mass is 334 g/mol. The molecule has 1 aromatic carbocycles. The fraction of sp³-hybridized carbons (Fsp3) is 0.556. The van der Waals surface area contributed by atoms with Gasteiger partial charge in [0.1, 0.15) is 11.5 Å². The number of carbonyl (C=O) groups is 2. The van der Waals surface area contributed by atoms with Crippen LogP contribution in [-0.2, 0) is 24.5 Å². The number of benzene rings is 1. The minimum atomic E-state index is -0.541. The van der Waals surface area contributed by atoms with E-state index in [1.807, 2.05) is 12.1 Å². The van der Waals surface area contributed by atoms with Crippen LogP contribution in [0.5, 0.6) is 11.5 Å². The van der Waals surface area contributed by atoms with E-state index < -0.39 is 5.41 Å². The molecular weight excluding hydrogens is 312 g/mol. The van der Waals surface area contributed by atoms with Crippen LogP contribution in [0.4, 0.5) is 0 Å². The molecule has 2 atom stereocenters. The predicted octanol–water partition coefficient (Wildman–Crippen LogP) is 1.94. The molecule has 2 saturated carbocycles. The van der Waals surface area contributed by atoms with Gasteiger partial charge in [-0.25, -0.2) is 0 Å². The molecule has 0 aliphatic heterocycles. The van der Waals surface area contributed by atoms with Gasteiger partial charge in [0, 0.05) is 11.5 Å². The molecule has 0 spiro atoms. The Morgan fingerprint density at radius 3 is 1.75 bits per heavy atom. The Bertz CT molecular complexity index is 619. The third-order valence-corrected chi connectivity index (χ3v) is 5.01. The first-order chi connectivity index (χ1) is 11.6. The van der Waals surface area contributed by atoms with Crippen molar-refractivity contribution in [3.05, 3.63) is 23.8 Å². The van der Waals surface area contributed by atoms with Crippen molar-refractivity contribution in [1.29, 1.82) is 0 Å². The number of methoxy groups -OCH3 is 2. The lowest BCUT2D eigenvalue weighted by molar-refractivity contribution is -0.151. The van der Waals surface area contributed by atoms with Crippen LogP contribution < -0.4 is 9.47 Å². The summed E-state index contributed by atoms with van der Waals surface area (Å²) in [7, 11) is 3.14. The van der Waals surface area contributed by atoms with Gasteiger partial charge in [-0.05, 0) is 37.5 Å². The fourth-order valence-electron chi connectivity index (χ4n) is 3.89. The van der Waals surface area contributed by atoms with Crippen LogP contribution >= 0.6 is 0 Å². The lowest BCUT2D eigenvalue weighted by Crippen LogP contribution is -2.28. The highest BCUT2D eigenvalue weighted by Crippen LogP contribution is 2.84. The zero-order valence-corrected chi connectivity index (χ0v) is 14.3. The number of fused-ring (bicyclic) bond motifs is 1. The Hall–Kier alpha value is -2.24. The number of rotatable bonds is 7. The maximum atomic E-state index is 12.2. The molecule has 0 aromatic heterocycles. The molecular formula is C18H22O6. The van der Waals surface area contributed by atoms with E-state index >= 15 is 0 Å². The first kappa shape index (κ1) is 16.6. The van der Waals surface area contributed by atoms with E-state index in [0.29, 0.717) is 24.7 Å². The Kier molecular flexibility index (Phi) is 4.15. The zero-order chi connectivity index (χ0) is 17.5. The maximum Gasteiger partial charge on any atom is 0.310 e. The van der Waals surface area contributed by atoms with Gasteiger partial charge < -0.3 is 18.9 Å². The first-order valence-corrected chi connectivity index (χ1v) is 8.12. The summed E-state index contributed by atoms with van der Waals surface area (Å²) in [4.78, 5) is 24.4. The topological polar surface area (TPSA) is 71.1 Å². The van der Waals surface area contributed by atoms with Gasteiger partial charge in [0.15, 0.2) is 0 Å². The van der Waals surface area contributed by atoms with Gasteiger partial charge in [-0.2, -0.15) is 0 Å². The summed E-state index contributed by atoms with van der Waals surface area (Å²) in [6.07, 6.45) is 0. The molecule has 130 valence electrons. The highest BCUT2D eigenvalue weighted by Gasteiger charge is 2.92. The van der Waals surface area contributed by atoms with E-state index in [0.717, 1.165) is 5.56 Å². The highest BCUT2D eigenvalue weighted by molar-refractivity contribution is 5.94. The van der Waals surface area contributed by atoms with Crippen LogP contribution in [0.3, 0.4) is 0 Å². The second-order valence-corrected chi connectivity index (χ2v) is 6.02. The minimum absolute atomic E-state index is 0.0626. The van der Waals surface area contributed by atoms with Crippen LogP contribution in [0, 0.1) is 17.8 Å². The summed E-state index contributed by atoms with van der Waals surface area (Å²) in [5.74, 6) is 0.0670. The molecule has 24 heavy (non-hydrogen) atoms. The summed E-state index contributed by atoms with van der Waals surface area (Å²) in [6, 6.07) is 5.47. The van der Waals surface area contributed by atoms with E-state index in [4.69, 9.17) is 18.9 Å². The zero-order valence-electron chi connectivity index (χ0n) is 14.3. The lowest BCUT2D eigenvalue weighted by atomic mass is 9.89. The average molecular weight is 334 g/mol. The molecule has 0 heterocycles. The molecule has 2 aliphatic rings. The van der Waals surface area contributed by atoms with Crippen molar-refractivity contribution in [2.75, 3.05) is 27.4 Å². The number of carbonyl (C=O) groups excluding carboxylic acids is 2. The van der Waals surface area contributed by atoms with Gasteiger partial charge in [0.25, 0.3) is 0 Å². The number of hydrogen-bond acceptors (Lipinski definition) is 6.